The number of hydrogen-bond acceptors (Lipinski definition) is 2. The Kier molecular flexibility index (Phi) is 5.89. The van der Waals surface area contributed by atoms with Crippen molar-refractivity contribution < 1.29 is 9.53 Å². The maximum atomic E-state index is 12.1. The van der Waals surface area contributed by atoms with Crippen LogP contribution in [0.1, 0.15) is 22.6 Å². The average molecular weight is 467 g/mol. The zero-order valence-corrected chi connectivity index (χ0v) is 17.8. The second-order valence-electron chi connectivity index (χ2n) is 6.61. The average Bonchev–Trinajstić information content (AvgIpc) is 3.06. The van der Waals surface area contributed by atoms with Gasteiger partial charge in [0.25, 0.3) is 0 Å². The monoisotopic (exact) mass is 465 g/mol. The summed E-state index contributed by atoms with van der Waals surface area (Å²) in [6.07, 6.45) is -0.480. The highest BCUT2D eigenvalue weighted by Crippen LogP contribution is 2.44. The number of hydrogen-bond donors (Lipinski definition) is 1. The Hall–Kier alpha value is -2.74. The van der Waals surface area contributed by atoms with Crippen LogP contribution in [-0.4, -0.2) is 19.2 Å². The number of ether oxygens (including phenoxy) is 1. The maximum absolute atomic E-state index is 12.1. The van der Waals surface area contributed by atoms with Crippen LogP contribution in [0, 0.1) is 11.8 Å². The molecular weight excluding hydrogens is 450 g/mol. The van der Waals surface area contributed by atoms with Crippen LogP contribution in [0.3, 0.4) is 0 Å². The van der Waals surface area contributed by atoms with E-state index in [0.717, 1.165) is 10.0 Å². The van der Waals surface area contributed by atoms with Crippen molar-refractivity contribution in [1.82, 2.24) is 5.32 Å². The smallest absolute Gasteiger partial charge is 0.407 e. The fourth-order valence-electron chi connectivity index (χ4n) is 3.50. The van der Waals surface area contributed by atoms with E-state index in [0.29, 0.717) is 5.02 Å². The summed E-state index contributed by atoms with van der Waals surface area (Å²) in [4.78, 5) is 12.1. The van der Waals surface area contributed by atoms with E-state index in [1.807, 2.05) is 30.3 Å². The number of carbonyl (C=O) groups excluding carboxylic acids is 1. The Bertz CT molecular complexity index is 1090. The van der Waals surface area contributed by atoms with Crippen molar-refractivity contribution in [2.75, 3.05) is 13.2 Å². The Morgan fingerprint density at radius 1 is 1.03 bits per heavy atom. The molecule has 0 atom stereocenters. The molecule has 0 saturated heterocycles. The first-order chi connectivity index (χ1) is 14.1. The minimum Gasteiger partial charge on any atom is -0.449 e. The Labute approximate surface area is 183 Å². The van der Waals surface area contributed by atoms with Gasteiger partial charge in [0.1, 0.15) is 6.61 Å². The van der Waals surface area contributed by atoms with Crippen LogP contribution in [0.25, 0.3) is 11.1 Å². The lowest BCUT2D eigenvalue weighted by Gasteiger charge is -2.14. The van der Waals surface area contributed by atoms with Gasteiger partial charge in [0.2, 0.25) is 0 Å². The van der Waals surface area contributed by atoms with Gasteiger partial charge in [-0.1, -0.05) is 72.0 Å². The molecule has 0 aliphatic heterocycles. The summed E-state index contributed by atoms with van der Waals surface area (Å²) < 4.78 is 6.34. The molecule has 3 nitrogen and oxygen atoms in total. The van der Waals surface area contributed by atoms with Crippen molar-refractivity contribution in [2.45, 2.75) is 5.92 Å². The maximum Gasteiger partial charge on any atom is 0.407 e. The van der Waals surface area contributed by atoms with Crippen molar-refractivity contribution in [3.05, 3.63) is 92.9 Å². The van der Waals surface area contributed by atoms with Crippen molar-refractivity contribution in [3.8, 4) is 23.0 Å². The molecule has 1 aliphatic rings. The molecule has 0 heterocycles. The van der Waals surface area contributed by atoms with Gasteiger partial charge in [-0.2, -0.15) is 0 Å². The summed E-state index contributed by atoms with van der Waals surface area (Å²) >= 11 is 9.40. The number of fused-ring (bicyclic) bond motifs is 3. The summed E-state index contributed by atoms with van der Waals surface area (Å²) in [5.74, 6) is 5.93. The molecular formula is C24H17BrClNO2. The lowest BCUT2D eigenvalue weighted by Crippen LogP contribution is -2.26. The molecule has 0 aromatic heterocycles. The molecule has 5 heteroatoms. The summed E-state index contributed by atoms with van der Waals surface area (Å²) in [5, 5.41) is 3.29. The third-order valence-corrected chi connectivity index (χ3v) is 5.74. The Balaban J connectivity index is 1.36. The number of alkyl carbamates (subject to hydrolysis) is 1. The molecule has 0 radical (unpaired) electrons. The highest BCUT2D eigenvalue weighted by molar-refractivity contribution is 9.10. The molecule has 1 amide bonds. The summed E-state index contributed by atoms with van der Waals surface area (Å²) in [6.45, 7) is 0.475. The molecule has 0 spiro atoms. The van der Waals surface area contributed by atoms with Gasteiger partial charge in [0.05, 0.1) is 6.54 Å². The van der Waals surface area contributed by atoms with Gasteiger partial charge in [-0.05, 0) is 56.4 Å². The standard InChI is InChI=1S/C24H17BrClNO2/c25-23-12-11-17(26)14-16(23)6-5-13-27-24(28)29-15-22-20-9-3-1-7-18(20)19-8-2-4-10-21(19)22/h1-4,7-12,14,22H,13,15H2,(H,27,28). The van der Waals surface area contributed by atoms with Gasteiger partial charge in [0.15, 0.2) is 0 Å². The predicted octanol–water partition coefficient (Wildman–Crippen LogP) is 5.99. The third-order valence-electron chi connectivity index (χ3n) is 4.82. The van der Waals surface area contributed by atoms with Gasteiger partial charge in [-0.25, -0.2) is 4.79 Å². The van der Waals surface area contributed by atoms with E-state index in [1.165, 1.54) is 22.3 Å². The van der Waals surface area contributed by atoms with Crippen molar-refractivity contribution in [1.29, 1.82) is 0 Å². The highest BCUT2D eigenvalue weighted by Gasteiger charge is 2.28. The SMILES string of the molecule is O=C(NCC#Cc1cc(Cl)ccc1Br)OCC1c2ccccc2-c2ccccc21. The number of nitrogens with one attached hydrogen (secondary N) is 1. The van der Waals surface area contributed by atoms with E-state index in [-0.39, 0.29) is 19.1 Å². The number of rotatable bonds is 3. The number of carbonyl (C=O) groups is 1. The Morgan fingerprint density at radius 2 is 1.69 bits per heavy atom. The predicted molar refractivity (Wildman–Crippen MR) is 119 cm³/mol. The third kappa shape index (κ3) is 4.32. The fraction of sp³-hybridized carbons (Fsp3) is 0.125. The van der Waals surface area contributed by atoms with Crippen molar-refractivity contribution in [2.24, 2.45) is 0 Å². The zero-order valence-electron chi connectivity index (χ0n) is 15.4. The van der Waals surface area contributed by atoms with Crippen molar-refractivity contribution in [3.63, 3.8) is 0 Å². The van der Waals surface area contributed by atoms with E-state index in [2.05, 4.69) is 57.4 Å². The van der Waals surface area contributed by atoms with Gasteiger partial charge in [-0.3, -0.25) is 0 Å². The normalized spacial score (nSPS) is 11.8. The summed E-state index contributed by atoms with van der Waals surface area (Å²) in [6, 6.07) is 21.9. The molecule has 0 fully saturated rings. The fourth-order valence-corrected chi connectivity index (χ4v) is 4.02. The summed E-state index contributed by atoms with van der Waals surface area (Å²) in [5.41, 5.74) is 5.55. The van der Waals surface area contributed by atoms with Gasteiger partial charge in [0, 0.05) is 21.0 Å². The van der Waals surface area contributed by atoms with Crippen LogP contribution >= 0.6 is 27.5 Å². The first-order valence-electron chi connectivity index (χ1n) is 9.16. The number of amides is 1. The van der Waals surface area contributed by atoms with Crippen molar-refractivity contribution >= 4 is 33.6 Å². The van der Waals surface area contributed by atoms with E-state index in [1.54, 1.807) is 12.1 Å². The van der Waals surface area contributed by atoms with Crippen LogP contribution in [0.5, 0.6) is 0 Å². The first-order valence-corrected chi connectivity index (χ1v) is 10.3. The number of halogens is 2. The van der Waals surface area contributed by atoms with Gasteiger partial charge < -0.3 is 10.1 Å². The highest BCUT2D eigenvalue weighted by atomic mass is 79.9. The largest absolute Gasteiger partial charge is 0.449 e. The van der Waals surface area contributed by atoms with Crippen LogP contribution in [0.2, 0.25) is 5.02 Å². The second-order valence-corrected chi connectivity index (χ2v) is 7.90. The molecule has 4 rings (SSSR count). The lowest BCUT2D eigenvalue weighted by molar-refractivity contribution is 0.144. The van der Waals surface area contributed by atoms with E-state index < -0.39 is 6.09 Å². The van der Waals surface area contributed by atoms with Crippen LogP contribution in [0.4, 0.5) is 4.79 Å². The minimum absolute atomic E-state index is 0.0432. The second kappa shape index (κ2) is 8.73. The zero-order chi connectivity index (χ0) is 20.2. The Morgan fingerprint density at radius 3 is 2.38 bits per heavy atom. The molecule has 1 aliphatic carbocycles. The molecule has 0 unspecified atom stereocenters. The van der Waals surface area contributed by atoms with Crippen LogP contribution in [-0.2, 0) is 4.74 Å². The molecule has 3 aromatic carbocycles. The van der Waals surface area contributed by atoms with Gasteiger partial charge in [-0.15, -0.1) is 0 Å². The first kappa shape index (κ1) is 19.6. The van der Waals surface area contributed by atoms with Crippen LogP contribution < -0.4 is 5.32 Å². The molecule has 144 valence electrons. The van der Waals surface area contributed by atoms with E-state index in [4.69, 9.17) is 16.3 Å². The van der Waals surface area contributed by atoms with Gasteiger partial charge >= 0.3 is 6.09 Å². The van der Waals surface area contributed by atoms with Crippen LogP contribution in [0.15, 0.2) is 71.2 Å². The number of benzene rings is 3. The molecule has 0 saturated carbocycles. The molecule has 0 bridgehead atoms. The summed E-state index contributed by atoms with van der Waals surface area (Å²) in [7, 11) is 0. The molecule has 29 heavy (non-hydrogen) atoms. The van der Waals surface area contributed by atoms with E-state index >= 15 is 0 Å². The quantitative estimate of drug-likeness (QED) is 0.481. The topological polar surface area (TPSA) is 38.3 Å². The minimum atomic E-state index is -0.480. The molecule has 3 aromatic rings. The van der Waals surface area contributed by atoms with E-state index in [9.17, 15) is 4.79 Å². The molecule has 1 N–H and O–H groups in total. The lowest BCUT2D eigenvalue weighted by atomic mass is 9.98.